The van der Waals surface area contributed by atoms with Crippen molar-refractivity contribution in [3.8, 4) is 5.69 Å². The van der Waals surface area contributed by atoms with Crippen LogP contribution in [-0.4, -0.2) is 25.9 Å². The van der Waals surface area contributed by atoms with Gasteiger partial charge in [0.05, 0.1) is 24.0 Å². The topological polar surface area (TPSA) is 72.7 Å². The lowest BCUT2D eigenvalue weighted by molar-refractivity contribution is 0.0950. The number of nitrogens with zero attached hydrogens (tertiary/aromatic N) is 4. The van der Waals surface area contributed by atoms with Crippen molar-refractivity contribution >= 4 is 17.2 Å². The number of carbonyl (C=O) groups is 1. The summed E-state index contributed by atoms with van der Waals surface area (Å²) in [5.41, 5.74) is 2.19. The van der Waals surface area contributed by atoms with Crippen molar-refractivity contribution in [3.05, 3.63) is 58.8 Å². The van der Waals surface area contributed by atoms with Gasteiger partial charge in [0.2, 0.25) is 0 Å². The highest BCUT2D eigenvalue weighted by molar-refractivity contribution is 7.08. The van der Waals surface area contributed by atoms with Crippen molar-refractivity contribution in [2.75, 3.05) is 0 Å². The van der Waals surface area contributed by atoms with Gasteiger partial charge < -0.3 is 5.32 Å². The Balaban J connectivity index is 1.63. The number of hydrogen-bond donors (Lipinski definition) is 1. The van der Waals surface area contributed by atoms with Gasteiger partial charge >= 0.3 is 0 Å². The molecular formula is C13H11N5OS. The number of carbonyl (C=O) groups excluding carboxylic acids is 1. The molecule has 0 unspecified atom stereocenters. The summed E-state index contributed by atoms with van der Waals surface area (Å²) >= 11 is 1.59. The molecule has 3 aromatic heterocycles. The van der Waals surface area contributed by atoms with Crippen LogP contribution in [0.15, 0.2) is 47.5 Å². The third kappa shape index (κ3) is 2.72. The third-order valence-corrected chi connectivity index (χ3v) is 3.34. The molecule has 20 heavy (non-hydrogen) atoms. The maximum absolute atomic E-state index is 11.8. The Morgan fingerprint density at radius 2 is 2.35 bits per heavy atom. The molecule has 0 aliphatic carbocycles. The predicted molar refractivity (Wildman–Crippen MR) is 74.6 cm³/mol. The van der Waals surface area contributed by atoms with Crippen LogP contribution >= 0.6 is 11.3 Å². The smallest absolute Gasteiger partial charge is 0.253 e. The van der Waals surface area contributed by atoms with E-state index >= 15 is 0 Å². The molecule has 0 aromatic carbocycles. The Kier molecular flexibility index (Phi) is 3.51. The molecule has 3 aromatic rings. The minimum absolute atomic E-state index is 0.178. The van der Waals surface area contributed by atoms with Gasteiger partial charge in [-0.2, -0.15) is 11.3 Å². The van der Waals surface area contributed by atoms with Crippen LogP contribution in [0.5, 0.6) is 0 Å². The summed E-state index contributed by atoms with van der Waals surface area (Å²) in [5, 5.41) is 14.8. The lowest BCUT2D eigenvalue weighted by Crippen LogP contribution is -2.23. The molecule has 0 aliphatic heterocycles. The van der Waals surface area contributed by atoms with Crippen LogP contribution < -0.4 is 5.32 Å². The van der Waals surface area contributed by atoms with Gasteiger partial charge in [0.1, 0.15) is 5.69 Å². The Morgan fingerprint density at radius 3 is 3.10 bits per heavy atom. The van der Waals surface area contributed by atoms with E-state index in [9.17, 15) is 4.79 Å². The first kappa shape index (κ1) is 12.5. The van der Waals surface area contributed by atoms with E-state index in [1.54, 1.807) is 40.5 Å². The molecule has 0 bridgehead atoms. The molecule has 0 spiro atoms. The second-order valence-electron chi connectivity index (χ2n) is 4.06. The molecule has 7 heteroatoms. The molecule has 6 nitrogen and oxygen atoms in total. The number of rotatable bonds is 4. The van der Waals surface area contributed by atoms with Crippen LogP contribution in [0.1, 0.15) is 16.1 Å². The highest BCUT2D eigenvalue weighted by atomic mass is 32.1. The quantitative estimate of drug-likeness (QED) is 0.791. The van der Waals surface area contributed by atoms with Gasteiger partial charge in [-0.3, -0.25) is 9.78 Å². The van der Waals surface area contributed by atoms with Crippen LogP contribution in [0.25, 0.3) is 5.69 Å². The van der Waals surface area contributed by atoms with E-state index in [4.69, 9.17) is 0 Å². The monoisotopic (exact) mass is 285 g/mol. The Labute approximate surface area is 119 Å². The van der Waals surface area contributed by atoms with Crippen LogP contribution in [0.4, 0.5) is 0 Å². The Morgan fingerprint density at radius 1 is 1.40 bits per heavy atom. The van der Waals surface area contributed by atoms with Crippen molar-refractivity contribution in [3.63, 3.8) is 0 Å². The van der Waals surface area contributed by atoms with Crippen molar-refractivity contribution in [2.45, 2.75) is 6.54 Å². The lowest BCUT2D eigenvalue weighted by atomic mass is 10.2. The zero-order valence-corrected chi connectivity index (χ0v) is 11.2. The maximum Gasteiger partial charge on any atom is 0.253 e. The summed E-state index contributed by atoms with van der Waals surface area (Å²) in [6.45, 7) is 0.331. The van der Waals surface area contributed by atoms with Crippen molar-refractivity contribution < 1.29 is 4.79 Å². The van der Waals surface area contributed by atoms with E-state index in [-0.39, 0.29) is 5.91 Å². The Hall–Kier alpha value is -2.54. The molecule has 0 radical (unpaired) electrons. The van der Waals surface area contributed by atoms with Gasteiger partial charge in [0.15, 0.2) is 0 Å². The first-order chi connectivity index (χ1) is 9.83. The van der Waals surface area contributed by atoms with E-state index in [2.05, 4.69) is 20.6 Å². The summed E-state index contributed by atoms with van der Waals surface area (Å²) in [6, 6.07) is 5.39. The largest absolute Gasteiger partial charge is 0.346 e. The number of pyridine rings is 1. The zero-order valence-electron chi connectivity index (χ0n) is 10.4. The van der Waals surface area contributed by atoms with Gasteiger partial charge in [-0.25, -0.2) is 4.68 Å². The molecule has 0 saturated carbocycles. The van der Waals surface area contributed by atoms with Gasteiger partial charge in [0, 0.05) is 17.8 Å². The van der Waals surface area contributed by atoms with Crippen molar-refractivity contribution in [1.29, 1.82) is 0 Å². The van der Waals surface area contributed by atoms with E-state index < -0.39 is 0 Å². The Bertz CT molecular complexity index is 693. The maximum atomic E-state index is 11.8. The minimum atomic E-state index is -0.178. The van der Waals surface area contributed by atoms with Crippen LogP contribution in [0.2, 0.25) is 0 Å². The summed E-state index contributed by atoms with van der Waals surface area (Å²) in [5.74, 6) is -0.178. The SMILES string of the molecule is O=C(NCc1cn(-c2ccsc2)nn1)c1cccnc1. The normalized spacial score (nSPS) is 10.4. The number of nitrogens with one attached hydrogen (secondary N) is 1. The van der Waals surface area contributed by atoms with E-state index in [0.717, 1.165) is 5.69 Å². The molecule has 3 heterocycles. The molecule has 1 amide bonds. The summed E-state index contributed by atoms with van der Waals surface area (Å²) in [7, 11) is 0. The highest BCUT2D eigenvalue weighted by Gasteiger charge is 2.07. The average Bonchev–Trinajstić information content (AvgIpc) is 3.16. The van der Waals surface area contributed by atoms with Crippen LogP contribution in [0.3, 0.4) is 0 Å². The summed E-state index contributed by atoms with van der Waals surface area (Å²) in [6.07, 6.45) is 4.95. The average molecular weight is 285 g/mol. The molecule has 3 rings (SSSR count). The van der Waals surface area contributed by atoms with E-state index in [1.165, 1.54) is 6.20 Å². The van der Waals surface area contributed by atoms with Crippen LogP contribution in [-0.2, 0) is 6.54 Å². The first-order valence-corrected chi connectivity index (χ1v) is 6.89. The second-order valence-corrected chi connectivity index (χ2v) is 4.84. The molecule has 0 fully saturated rings. The van der Waals surface area contributed by atoms with Gasteiger partial charge in [-0.15, -0.1) is 5.10 Å². The lowest BCUT2D eigenvalue weighted by Gasteiger charge is -2.01. The fourth-order valence-corrected chi connectivity index (χ4v) is 2.29. The number of thiophene rings is 1. The minimum Gasteiger partial charge on any atom is -0.346 e. The molecule has 1 N–H and O–H groups in total. The van der Waals surface area contributed by atoms with Gasteiger partial charge in [-0.1, -0.05) is 5.21 Å². The third-order valence-electron chi connectivity index (χ3n) is 2.67. The summed E-state index contributed by atoms with van der Waals surface area (Å²) < 4.78 is 1.68. The number of hydrogen-bond acceptors (Lipinski definition) is 5. The predicted octanol–water partition coefficient (Wildman–Crippen LogP) is 1.65. The molecule has 0 atom stereocenters. The first-order valence-electron chi connectivity index (χ1n) is 5.95. The van der Waals surface area contributed by atoms with Gasteiger partial charge in [-0.05, 0) is 23.6 Å². The number of amides is 1. The van der Waals surface area contributed by atoms with E-state index in [0.29, 0.717) is 17.8 Å². The standard InChI is InChI=1S/C13H11N5OS/c19-13(10-2-1-4-14-6-10)15-7-11-8-18(17-16-11)12-3-5-20-9-12/h1-6,8-9H,7H2,(H,15,19). The fraction of sp³-hybridized carbons (Fsp3) is 0.0769. The zero-order chi connectivity index (χ0) is 13.8. The summed E-state index contributed by atoms with van der Waals surface area (Å²) in [4.78, 5) is 15.8. The second kappa shape index (κ2) is 5.62. The van der Waals surface area contributed by atoms with Crippen molar-refractivity contribution in [1.82, 2.24) is 25.3 Å². The molecular weight excluding hydrogens is 274 g/mol. The van der Waals surface area contributed by atoms with Crippen molar-refractivity contribution in [2.24, 2.45) is 0 Å². The highest BCUT2D eigenvalue weighted by Crippen LogP contribution is 2.10. The molecule has 0 saturated heterocycles. The fourth-order valence-electron chi connectivity index (χ4n) is 1.66. The van der Waals surface area contributed by atoms with Gasteiger partial charge in [0.25, 0.3) is 5.91 Å². The van der Waals surface area contributed by atoms with E-state index in [1.807, 2.05) is 16.8 Å². The molecule has 100 valence electrons. The molecule has 0 aliphatic rings. The number of aromatic nitrogens is 4. The van der Waals surface area contributed by atoms with Crippen LogP contribution in [0, 0.1) is 0 Å².